The minimum Gasteiger partial charge on any atom is -0.0801 e. The first kappa shape index (κ1) is 12.9. The highest BCUT2D eigenvalue weighted by Gasteiger charge is 2.12. The van der Waals surface area contributed by atoms with Crippen molar-refractivity contribution in [1.29, 1.82) is 0 Å². The van der Waals surface area contributed by atoms with Crippen LogP contribution in [-0.2, 0) is 0 Å². The maximum Gasteiger partial charge on any atom is -0.00854 e. The van der Waals surface area contributed by atoms with Crippen LogP contribution in [-0.4, -0.2) is 0 Å². The standard InChI is InChI=1S/C18H22/c1-4-9-16-14(2)10-6-8-13-18(16)17-12-7-5-11-15(17)3/h5-8,10-12H,4,9,13H2,1-3H3. The van der Waals surface area contributed by atoms with Gasteiger partial charge in [0.25, 0.3) is 0 Å². The molecule has 0 aromatic heterocycles. The molecule has 0 heteroatoms. The fraction of sp³-hybridized carbons (Fsp3) is 0.333. The highest BCUT2D eigenvalue weighted by atomic mass is 14.2. The van der Waals surface area contributed by atoms with Gasteiger partial charge in [0.2, 0.25) is 0 Å². The summed E-state index contributed by atoms with van der Waals surface area (Å²) >= 11 is 0. The number of aryl methyl sites for hydroxylation is 1. The second-order valence-electron chi connectivity index (χ2n) is 5.00. The molecule has 0 bridgehead atoms. The molecule has 2 rings (SSSR count). The number of hydrogen-bond acceptors (Lipinski definition) is 0. The number of rotatable bonds is 3. The van der Waals surface area contributed by atoms with E-state index >= 15 is 0 Å². The minimum atomic E-state index is 1.05. The van der Waals surface area contributed by atoms with E-state index in [9.17, 15) is 0 Å². The summed E-state index contributed by atoms with van der Waals surface area (Å²) in [5.74, 6) is 0. The largest absolute Gasteiger partial charge is 0.0801 e. The van der Waals surface area contributed by atoms with Crippen LogP contribution in [0.4, 0.5) is 0 Å². The Balaban J connectivity index is 2.56. The Kier molecular flexibility index (Phi) is 4.19. The molecular formula is C18H22. The van der Waals surface area contributed by atoms with Gasteiger partial charge in [-0.2, -0.15) is 0 Å². The van der Waals surface area contributed by atoms with E-state index in [4.69, 9.17) is 0 Å². The molecule has 0 unspecified atom stereocenters. The second kappa shape index (κ2) is 5.86. The summed E-state index contributed by atoms with van der Waals surface area (Å²) < 4.78 is 0. The van der Waals surface area contributed by atoms with Crippen LogP contribution in [0.15, 0.2) is 53.6 Å². The average molecular weight is 238 g/mol. The Hall–Kier alpha value is -1.56. The van der Waals surface area contributed by atoms with Crippen molar-refractivity contribution in [2.24, 2.45) is 0 Å². The summed E-state index contributed by atoms with van der Waals surface area (Å²) in [5.41, 5.74) is 7.27. The third-order valence-electron chi connectivity index (χ3n) is 3.61. The van der Waals surface area contributed by atoms with Gasteiger partial charge in [0.05, 0.1) is 0 Å². The van der Waals surface area contributed by atoms with Crippen molar-refractivity contribution in [1.82, 2.24) is 0 Å². The molecule has 0 fully saturated rings. The van der Waals surface area contributed by atoms with E-state index < -0.39 is 0 Å². The topological polar surface area (TPSA) is 0 Å². The highest BCUT2D eigenvalue weighted by Crippen LogP contribution is 2.33. The van der Waals surface area contributed by atoms with Crippen molar-refractivity contribution in [3.8, 4) is 0 Å². The molecule has 0 saturated heterocycles. The molecule has 0 N–H and O–H groups in total. The monoisotopic (exact) mass is 238 g/mol. The summed E-state index contributed by atoms with van der Waals surface area (Å²) in [6, 6.07) is 8.73. The van der Waals surface area contributed by atoms with Crippen molar-refractivity contribution in [3.05, 3.63) is 64.8 Å². The Morgan fingerprint density at radius 2 is 1.89 bits per heavy atom. The minimum absolute atomic E-state index is 1.05. The second-order valence-corrected chi connectivity index (χ2v) is 5.00. The zero-order valence-electron chi connectivity index (χ0n) is 11.7. The fourth-order valence-corrected chi connectivity index (χ4v) is 2.64. The SMILES string of the molecule is CCCC1=C(c2ccccc2C)CC=CC=C1C. The lowest BCUT2D eigenvalue weighted by Crippen LogP contribution is -1.95. The molecule has 0 atom stereocenters. The molecule has 1 aliphatic rings. The van der Waals surface area contributed by atoms with Crippen molar-refractivity contribution in [3.63, 3.8) is 0 Å². The number of allylic oxidation sites excluding steroid dienone is 6. The third kappa shape index (κ3) is 2.64. The van der Waals surface area contributed by atoms with Crippen LogP contribution in [0.3, 0.4) is 0 Å². The van der Waals surface area contributed by atoms with Crippen LogP contribution in [0.5, 0.6) is 0 Å². The molecule has 0 spiro atoms. The van der Waals surface area contributed by atoms with Crippen molar-refractivity contribution >= 4 is 5.57 Å². The zero-order chi connectivity index (χ0) is 13.0. The first-order chi connectivity index (χ1) is 8.74. The van der Waals surface area contributed by atoms with Gasteiger partial charge >= 0.3 is 0 Å². The first-order valence-corrected chi connectivity index (χ1v) is 6.86. The van der Waals surface area contributed by atoms with Gasteiger partial charge in [-0.05, 0) is 54.5 Å². The van der Waals surface area contributed by atoms with Gasteiger partial charge < -0.3 is 0 Å². The lowest BCUT2D eigenvalue weighted by molar-refractivity contribution is 0.911. The van der Waals surface area contributed by atoms with Gasteiger partial charge in [-0.1, -0.05) is 55.8 Å². The molecule has 1 aromatic rings. The van der Waals surface area contributed by atoms with Crippen LogP contribution in [0.2, 0.25) is 0 Å². The molecule has 18 heavy (non-hydrogen) atoms. The summed E-state index contributed by atoms with van der Waals surface area (Å²) in [6.45, 7) is 6.70. The van der Waals surface area contributed by atoms with E-state index in [2.05, 4.69) is 63.3 Å². The predicted octanol–water partition coefficient (Wildman–Crippen LogP) is 5.45. The van der Waals surface area contributed by atoms with E-state index in [1.165, 1.54) is 40.7 Å². The highest BCUT2D eigenvalue weighted by molar-refractivity contribution is 5.76. The van der Waals surface area contributed by atoms with E-state index in [0.29, 0.717) is 0 Å². The molecule has 0 amide bonds. The van der Waals surface area contributed by atoms with Gasteiger partial charge in [-0.15, -0.1) is 0 Å². The smallest absolute Gasteiger partial charge is 0.00854 e. The fourth-order valence-electron chi connectivity index (χ4n) is 2.64. The molecule has 0 saturated carbocycles. The Bertz CT molecular complexity index is 513. The summed E-state index contributed by atoms with van der Waals surface area (Å²) in [7, 11) is 0. The van der Waals surface area contributed by atoms with Crippen molar-refractivity contribution in [2.75, 3.05) is 0 Å². The van der Waals surface area contributed by atoms with Gasteiger partial charge in [-0.25, -0.2) is 0 Å². The van der Waals surface area contributed by atoms with Gasteiger partial charge in [0.15, 0.2) is 0 Å². The average Bonchev–Trinajstić information content (AvgIpc) is 2.54. The first-order valence-electron chi connectivity index (χ1n) is 6.86. The molecule has 0 radical (unpaired) electrons. The van der Waals surface area contributed by atoms with E-state index in [-0.39, 0.29) is 0 Å². The predicted molar refractivity (Wildman–Crippen MR) is 80.5 cm³/mol. The molecule has 94 valence electrons. The maximum atomic E-state index is 2.27. The summed E-state index contributed by atoms with van der Waals surface area (Å²) in [5, 5.41) is 0. The van der Waals surface area contributed by atoms with Gasteiger partial charge in [0.1, 0.15) is 0 Å². The quantitative estimate of drug-likeness (QED) is 0.656. The van der Waals surface area contributed by atoms with E-state index in [1.54, 1.807) is 0 Å². The summed E-state index contributed by atoms with van der Waals surface area (Å²) in [4.78, 5) is 0. The number of hydrogen-bond donors (Lipinski definition) is 0. The van der Waals surface area contributed by atoms with Crippen LogP contribution in [0.25, 0.3) is 5.57 Å². The van der Waals surface area contributed by atoms with Gasteiger partial charge in [-0.3, -0.25) is 0 Å². The Labute approximate surface area is 111 Å². The molecule has 0 nitrogen and oxygen atoms in total. The molecule has 0 aliphatic heterocycles. The third-order valence-corrected chi connectivity index (χ3v) is 3.61. The van der Waals surface area contributed by atoms with E-state index in [0.717, 1.165) is 6.42 Å². The normalized spacial score (nSPS) is 15.6. The lowest BCUT2D eigenvalue weighted by Gasteiger charge is -2.16. The summed E-state index contributed by atoms with van der Waals surface area (Å²) in [6.07, 6.45) is 10.1. The van der Waals surface area contributed by atoms with Crippen molar-refractivity contribution in [2.45, 2.75) is 40.0 Å². The molecule has 1 aliphatic carbocycles. The molecule has 1 aromatic carbocycles. The Morgan fingerprint density at radius 3 is 2.61 bits per heavy atom. The van der Waals surface area contributed by atoms with Crippen LogP contribution in [0, 0.1) is 6.92 Å². The Morgan fingerprint density at radius 1 is 1.11 bits per heavy atom. The van der Waals surface area contributed by atoms with E-state index in [1.807, 2.05) is 0 Å². The molecular weight excluding hydrogens is 216 g/mol. The lowest BCUT2D eigenvalue weighted by atomic mass is 9.89. The maximum absolute atomic E-state index is 2.27. The zero-order valence-corrected chi connectivity index (χ0v) is 11.7. The molecule has 0 heterocycles. The van der Waals surface area contributed by atoms with Crippen LogP contribution < -0.4 is 0 Å². The number of benzene rings is 1. The van der Waals surface area contributed by atoms with Crippen molar-refractivity contribution < 1.29 is 0 Å². The van der Waals surface area contributed by atoms with Gasteiger partial charge in [0, 0.05) is 0 Å². The van der Waals surface area contributed by atoms with Crippen LogP contribution in [0.1, 0.15) is 44.2 Å². The van der Waals surface area contributed by atoms with Crippen LogP contribution >= 0.6 is 0 Å².